The molecule has 0 saturated carbocycles. The first-order valence-electron chi connectivity index (χ1n) is 7.36. The molecule has 0 aliphatic carbocycles. The highest BCUT2D eigenvalue weighted by Gasteiger charge is 2.20. The first-order chi connectivity index (χ1) is 12.1. The Balaban J connectivity index is 2.05. The van der Waals surface area contributed by atoms with Crippen molar-refractivity contribution >= 4 is 48.5 Å². The molecule has 4 rings (SSSR count). The second-order valence-electron chi connectivity index (χ2n) is 5.28. The molecule has 2 aromatic carbocycles. The van der Waals surface area contributed by atoms with Gasteiger partial charge in [0.05, 0.1) is 29.8 Å². The minimum atomic E-state index is -0.212. The van der Waals surface area contributed by atoms with Crippen LogP contribution in [-0.2, 0) is 0 Å². The summed E-state index contributed by atoms with van der Waals surface area (Å²) in [5.41, 5.74) is 1.77. The van der Waals surface area contributed by atoms with Gasteiger partial charge in [-0.1, -0.05) is 0 Å². The lowest BCUT2D eigenvalue weighted by atomic mass is 10.1. The van der Waals surface area contributed by atoms with Crippen molar-refractivity contribution in [2.75, 3.05) is 14.2 Å². The molecule has 0 fully saturated rings. The Labute approximate surface area is 155 Å². The number of fused-ring (bicyclic) bond motifs is 3. The van der Waals surface area contributed by atoms with Crippen LogP contribution in [0.4, 0.5) is 0 Å². The highest BCUT2D eigenvalue weighted by atomic mass is 79.9. The van der Waals surface area contributed by atoms with Crippen LogP contribution in [0.3, 0.4) is 0 Å². The van der Waals surface area contributed by atoms with Crippen LogP contribution in [0, 0.1) is 0 Å². The minimum Gasteiger partial charge on any atom is -0.497 e. The number of hydrogen-bond acceptors (Lipinski definition) is 6. The number of benzene rings is 2. The molecule has 0 amide bonds. The molecule has 5 nitrogen and oxygen atoms in total. The molecule has 2 aromatic heterocycles. The summed E-state index contributed by atoms with van der Waals surface area (Å²) in [6.07, 6.45) is 0. The summed E-state index contributed by atoms with van der Waals surface area (Å²) in [6, 6.07) is 10.9. The lowest BCUT2D eigenvalue weighted by Crippen LogP contribution is -2.07. The molecule has 0 saturated heterocycles. The van der Waals surface area contributed by atoms with Gasteiger partial charge in [-0.25, -0.2) is 4.98 Å². The molecule has 0 atom stereocenters. The smallest absolute Gasteiger partial charge is 0.236 e. The topological polar surface area (TPSA) is 61.6 Å². The maximum Gasteiger partial charge on any atom is 0.236 e. The van der Waals surface area contributed by atoms with Crippen molar-refractivity contribution in [1.29, 1.82) is 0 Å². The fourth-order valence-electron chi connectivity index (χ4n) is 2.74. The molecule has 0 radical (unpaired) electrons. The van der Waals surface area contributed by atoms with Crippen LogP contribution in [0.25, 0.3) is 32.5 Å². The number of methoxy groups -OCH3 is 2. The molecule has 126 valence electrons. The van der Waals surface area contributed by atoms with Crippen molar-refractivity contribution in [2.45, 2.75) is 0 Å². The summed E-state index contributed by atoms with van der Waals surface area (Å²) in [5, 5.41) is 0.481. The van der Waals surface area contributed by atoms with E-state index in [1.807, 2.05) is 30.3 Å². The summed E-state index contributed by atoms with van der Waals surface area (Å²) in [6.45, 7) is 0. The van der Waals surface area contributed by atoms with Gasteiger partial charge in [0.1, 0.15) is 11.3 Å². The van der Waals surface area contributed by atoms with Gasteiger partial charge in [-0.3, -0.25) is 4.79 Å². The Kier molecular flexibility index (Phi) is 3.97. The maximum absolute atomic E-state index is 13.1. The van der Waals surface area contributed by atoms with E-state index >= 15 is 0 Å². The van der Waals surface area contributed by atoms with Gasteiger partial charge in [0, 0.05) is 5.56 Å². The highest BCUT2D eigenvalue weighted by molar-refractivity contribution is 9.11. The zero-order valence-corrected chi connectivity index (χ0v) is 15.7. The van der Waals surface area contributed by atoms with E-state index in [-0.39, 0.29) is 11.2 Å². The van der Waals surface area contributed by atoms with Crippen molar-refractivity contribution in [3.8, 4) is 22.8 Å². The number of hydrogen-bond donors (Lipinski definition) is 0. The van der Waals surface area contributed by atoms with Crippen LogP contribution in [0.1, 0.15) is 0 Å². The lowest BCUT2D eigenvalue weighted by Gasteiger charge is -2.09. The Morgan fingerprint density at radius 3 is 2.52 bits per heavy atom. The normalized spacial score (nSPS) is 11.2. The summed E-state index contributed by atoms with van der Waals surface area (Å²) in [5.74, 6) is 1.29. The average Bonchev–Trinajstić information content (AvgIpc) is 3.01. The molecule has 2 heterocycles. The second kappa shape index (κ2) is 6.16. The summed E-state index contributed by atoms with van der Waals surface area (Å²) in [7, 11) is 3.07. The third kappa shape index (κ3) is 2.60. The SMILES string of the molecule is COc1ccc(-c2oc3ccc4nc(Br)sc4c3c(=O)c2OC)cc1. The van der Waals surface area contributed by atoms with Crippen molar-refractivity contribution in [3.05, 3.63) is 50.5 Å². The minimum absolute atomic E-state index is 0.176. The van der Waals surface area contributed by atoms with Gasteiger partial charge in [-0.15, -0.1) is 11.3 Å². The average molecular weight is 418 g/mol. The van der Waals surface area contributed by atoms with Gasteiger partial charge in [0.25, 0.3) is 0 Å². The lowest BCUT2D eigenvalue weighted by molar-refractivity contribution is 0.398. The Bertz CT molecular complexity index is 1150. The van der Waals surface area contributed by atoms with Gasteiger partial charge < -0.3 is 13.9 Å². The predicted octanol–water partition coefficient (Wildman–Crippen LogP) is 4.85. The zero-order chi connectivity index (χ0) is 17.6. The number of aromatic nitrogens is 1. The van der Waals surface area contributed by atoms with E-state index < -0.39 is 0 Å². The predicted molar refractivity (Wildman–Crippen MR) is 102 cm³/mol. The zero-order valence-electron chi connectivity index (χ0n) is 13.3. The Hall–Kier alpha value is -2.38. The molecule has 4 aromatic rings. The molecular formula is C18H12BrNO4S. The first kappa shape index (κ1) is 16.1. The highest BCUT2D eigenvalue weighted by Crippen LogP contribution is 2.36. The monoisotopic (exact) mass is 417 g/mol. The molecule has 0 spiro atoms. The number of nitrogens with zero attached hydrogens (tertiary/aromatic N) is 1. The third-order valence-corrected chi connectivity index (χ3v) is 5.44. The summed E-state index contributed by atoms with van der Waals surface area (Å²) >= 11 is 4.76. The number of halogens is 1. The number of thiazole rings is 1. The van der Waals surface area contributed by atoms with E-state index in [0.29, 0.717) is 20.6 Å². The van der Waals surface area contributed by atoms with Gasteiger partial charge in [0.2, 0.25) is 11.2 Å². The van der Waals surface area contributed by atoms with E-state index in [4.69, 9.17) is 13.9 Å². The number of ether oxygens (including phenoxy) is 2. The van der Waals surface area contributed by atoms with Crippen molar-refractivity contribution in [1.82, 2.24) is 4.98 Å². The largest absolute Gasteiger partial charge is 0.497 e. The van der Waals surface area contributed by atoms with E-state index in [2.05, 4.69) is 20.9 Å². The Morgan fingerprint density at radius 2 is 1.84 bits per heavy atom. The fraction of sp³-hybridized carbons (Fsp3) is 0.111. The van der Waals surface area contributed by atoms with Crippen molar-refractivity contribution < 1.29 is 13.9 Å². The molecular weight excluding hydrogens is 406 g/mol. The fourth-order valence-corrected chi connectivity index (χ4v) is 4.24. The molecule has 0 aliphatic rings. The summed E-state index contributed by atoms with van der Waals surface area (Å²) in [4.78, 5) is 17.4. The van der Waals surface area contributed by atoms with Crippen LogP contribution in [0.5, 0.6) is 11.5 Å². The second-order valence-corrected chi connectivity index (χ2v) is 7.55. The summed E-state index contributed by atoms with van der Waals surface area (Å²) < 4.78 is 18.1. The molecule has 0 N–H and O–H groups in total. The van der Waals surface area contributed by atoms with E-state index in [0.717, 1.165) is 21.5 Å². The maximum atomic E-state index is 13.1. The van der Waals surface area contributed by atoms with Gasteiger partial charge in [0.15, 0.2) is 9.68 Å². The third-order valence-electron chi connectivity index (χ3n) is 3.90. The van der Waals surface area contributed by atoms with Crippen LogP contribution in [0.2, 0.25) is 0 Å². The van der Waals surface area contributed by atoms with Crippen LogP contribution < -0.4 is 14.9 Å². The molecule has 0 bridgehead atoms. The van der Waals surface area contributed by atoms with Crippen LogP contribution in [0.15, 0.2) is 49.5 Å². The van der Waals surface area contributed by atoms with Crippen LogP contribution in [-0.4, -0.2) is 19.2 Å². The van der Waals surface area contributed by atoms with Crippen molar-refractivity contribution in [3.63, 3.8) is 0 Å². The molecule has 7 heteroatoms. The quantitative estimate of drug-likeness (QED) is 0.476. The number of rotatable bonds is 3. The molecule has 0 unspecified atom stereocenters. The van der Waals surface area contributed by atoms with E-state index in [1.54, 1.807) is 13.2 Å². The van der Waals surface area contributed by atoms with E-state index in [1.165, 1.54) is 18.4 Å². The Morgan fingerprint density at radius 1 is 1.08 bits per heavy atom. The molecule has 25 heavy (non-hydrogen) atoms. The first-order valence-corrected chi connectivity index (χ1v) is 8.97. The van der Waals surface area contributed by atoms with Gasteiger partial charge >= 0.3 is 0 Å². The van der Waals surface area contributed by atoms with E-state index in [9.17, 15) is 4.79 Å². The standard InChI is InChI=1S/C18H12BrNO4S/c1-22-10-5-3-9(4-6-10)15-16(23-2)14(21)13-12(24-15)8-7-11-17(13)25-18(19)20-11/h3-8H,1-2H3. The van der Waals surface area contributed by atoms with Crippen LogP contribution >= 0.6 is 27.3 Å². The van der Waals surface area contributed by atoms with Crippen molar-refractivity contribution in [2.24, 2.45) is 0 Å². The molecule has 0 aliphatic heterocycles. The van der Waals surface area contributed by atoms with Gasteiger partial charge in [-0.2, -0.15) is 0 Å². The van der Waals surface area contributed by atoms with Gasteiger partial charge in [-0.05, 0) is 52.3 Å².